The third kappa shape index (κ3) is 2.98. The highest BCUT2D eigenvalue weighted by atomic mass is 35.5. The van der Waals surface area contributed by atoms with Crippen molar-refractivity contribution in [2.75, 3.05) is 6.67 Å². The van der Waals surface area contributed by atoms with Crippen molar-refractivity contribution in [1.82, 2.24) is 20.6 Å². The van der Waals surface area contributed by atoms with Crippen molar-refractivity contribution >= 4 is 29.0 Å². The van der Waals surface area contributed by atoms with Gasteiger partial charge in [0.05, 0.1) is 16.4 Å². The molecular formula is C19H17Cl2N5. The molecule has 3 aromatic rings. The van der Waals surface area contributed by atoms with E-state index in [2.05, 4.69) is 47.0 Å². The number of amidine groups is 1. The van der Waals surface area contributed by atoms with Crippen LogP contribution in [0.3, 0.4) is 0 Å². The monoisotopic (exact) mass is 385 g/mol. The maximum absolute atomic E-state index is 6.47. The summed E-state index contributed by atoms with van der Waals surface area (Å²) in [6.45, 7) is 4.63. The van der Waals surface area contributed by atoms with Crippen LogP contribution in [0.2, 0.25) is 10.0 Å². The minimum atomic E-state index is 0.517. The first kappa shape index (κ1) is 17.1. The Kier molecular flexibility index (Phi) is 4.44. The number of halogens is 2. The summed E-state index contributed by atoms with van der Waals surface area (Å²) in [6, 6.07) is 13.8. The second-order valence-electron chi connectivity index (χ2n) is 6.16. The van der Waals surface area contributed by atoms with Crippen molar-refractivity contribution in [2.45, 2.75) is 13.8 Å². The van der Waals surface area contributed by atoms with Gasteiger partial charge in [0, 0.05) is 16.1 Å². The molecule has 2 N–H and O–H groups in total. The Morgan fingerprint density at radius 1 is 1.04 bits per heavy atom. The number of hydrazine groups is 1. The number of hydrogen-bond acceptors (Lipinski definition) is 4. The molecule has 0 spiro atoms. The van der Waals surface area contributed by atoms with Crippen LogP contribution in [0.4, 0.5) is 0 Å². The Hall–Kier alpha value is -2.34. The molecule has 5 nitrogen and oxygen atoms in total. The van der Waals surface area contributed by atoms with Gasteiger partial charge in [0.2, 0.25) is 0 Å². The molecule has 1 aromatic heterocycles. The highest BCUT2D eigenvalue weighted by Gasteiger charge is 2.23. The van der Waals surface area contributed by atoms with E-state index >= 15 is 0 Å². The molecule has 2 aromatic carbocycles. The molecule has 4 rings (SSSR count). The fourth-order valence-corrected chi connectivity index (χ4v) is 3.50. The normalized spacial score (nSPS) is 13.6. The van der Waals surface area contributed by atoms with E-state index in [1.807, 2.05) is 23.7 Å². The first-order valence-corrected chi connectivity index (χ1v) is 8.96. The molecule has 0 aliphatic carbocycles. The molecule has 26 heavy (non-hydrogen) atoms. The highest BCUT2D eigenvalue weighted by molar-refractivity contribution is 6.35. The van der Waals surface area contributed by atoms with Crippen LogP contribution in [0.25, 0.3) is 16.9 Å². The molecule has 0 radical (unpaired) electrons. The van der Waals surface area contributed by atoms with Crippen molar-refractivity contribution in [3.63, 3.8) is 0 Å². The zero-order chi connectivity index (χ0) is 18.3. The molecule has 132 valence electrons. The van der Waals surface area contributed by atoms with E-state index in [4.69, 9.17) is 28.3 Å². The summed E-state index contributed by atoms with van der Waals surface area (Å²) in [4.78, 5) is 4.42. The first-order chi connectivity index (χ1) is 12.5. The SMILES string of the molecule is Cc1ccc(-c2c(C)c(C3=NCNN3)nn2-c2ccc(Cl)cc2Cl)cc1. The second-order valence-corrected chi connectivity index (χ2v) is 7.01. The van der Waals surface area contributed by atoms with Crippen molar-refractivity contribution < 1.29 is 0 Å². The van der Waals surface area contributed by atoms with Gasteiger partial charge in [-0.25, -0.2) is 15.1 Å². The summed E-state index contributed by atoms with van der Waals surface area (Å²) in [5, 5.41) is 5.94. The second kappa shape index (κ2) is 6.76. The molecule has 1 aliphatic heterocycles. The van der Waals surface area contributed by atoms with E-state index in [0.29, 0.717) is 16.7 Å². The van der Waals surface area contributed by atoms with Crippen LogP contribution in [0.1, 0.15) is 16.8 Å². The average molecular weight is 386 g/mol. The standard InChI is InChI=1S/C19H17Cl2N5/c1-11-3-5-13(6-4-11)18-12(2)17(19-22-10-23-24-19)25-26(18)16-8-7-14(20)9-15(16)21/h3-9,23H,10H2,1-2H3,(H,22,24). The number of rotatable bonds is 3. The van der Waals surface area contributed by atoms with Gasteiger partial charge in [-0.15, -0.1) is 0 Å². The van der Waals surface area contributed by atoms with Crippen molar-refractivity contribution in [2.24, 2.45) is 4.99 Å². The molecule has 7 heteroatoms. The quantitative estimate of drug-likeness (QED) is 0.707. The number of aryl methyl sites for hydroxylation is 1. The molecule has 0 saturated carbocycles. The van der Waals surface area contributed by atoms with E-state index in [-0.39, 0.29) is 0 Å². The molecule has 1 aliphatic rings. The van der Waals surface area contributed by atoms with Gasteiger partial charge in [0.25, 0.3) is 0 Å². The van der Waals surface area contributed by atoms with Crippen LogP contribution in [0.5, 0.6) is 0 Å². The lowest BCUT2D eigenvalue weighted by molar-refractivity contribution is 0.726. The largest absolute Gasteiger partial charge is 0.302 e. The third-order valence-electron chi connectivity index (χ3n) is 4.33. The molecule has 0 unspecified atom stereocenters. The number of benzene rings is 2. The minimum absolute atomic E-state index is 0.517. The predicted octanol–water partition coefficient (Wildman–Crippen LogP) is 4.27. The van der Waals surface area contributed by atoms with Gasteiger partial charge in [0.15, 0.2) is 5.84 Å². The summed E-state index contributed by atoms with van der Waals surface area (Å²) in [5.74, 6) is 0.722. The maximum atomic E-state index is 6.47. The maximum Gasteiger partial charge on any atom is 0.165 e. The Morgan fingerprint density at radius 2 is 1.81 bits per heavy atom. The van der Waals surface area contributed by atoms with Crippen LogP contribution < -0.4 is 10.9 Å². The minimum Gasteiger partial charge on any atom is -0.302 e. The summed E-state index contributed by atoms with van der Waals surface area (Å²) < 4.78 is 1.86. The molecule has 0 fully saturated rings. The highest BCUT2D eigenvalue weighted by Crippen LogP contribution is 2.33. The lowest BCUT2D eigenvalue weighted by Gasteiger charge is -2.11. The fraction of sp³-hybridized carbons (Fsp3) is 0.158. The van der Waals surface area contributed by atoms with Crippen molar-refractivity contribution in [3.05, 3.63) is 69.3 Å². The topological polar surface area (TPSA) is 54.2 Å². The summed E-state index contributed by atoms with van der Waals surface area (Å²) in [7, 11) is 0. The molecule has 0 bridgehead atoms. The number of hydrogen-bond donors (Lipinski definition) is 2. The summed E-state index contributed by atoms with van der Waals surface area (Å²) in [5.41, 5.74) is 11.9. The molecular weight excluding hydrogens is 369 g/mol. The van der Waals surface area contributed by atoms with Gasteiger partial charge in [0.1, 0.15) is 12.4 Å². The van der Waals surface area contributed by atoms with Gasteiger partial charge in [-0.2, -0.15) is 5.10 Å². The van der Waals surface area contributed by atoms with E-state index in [9.17, 15) is 0 Å². The van der Waals surface area contributed by atoms with E-state index in [0.717, 1.165) is 34.0 Å². The summed E-state index contributed by atoms with van der Waals surface area (Å²) >= 11 is 12.5. The predicted molar refractivity (Wildman–Crippen MR) is 106 cm³/mol. The molecule has 0 saturated heterocycles. The van der Waals surface area contributed by atoms with Gasteiger partial charge < -0.3 is 5.43 Å². The van der Waals surface area contributed by atoms with Gasteiger partial charge in [-0.05, 0) is 32.0 Å². The van der Waals surface area contributed by atoms with E-state index < -0.39 is 0 Å². The molecule has 0 atom stereocenters. The smallest absolute Gasteiger partial charge is 0.165 e. The number of nitrogens with one attached hydrogen (secondary N) is 2. The number of nitrogens with zero attached hydrogens (tertiary/aromatic N) is 3. The van der Waals surface area contributed by atoms with E-state index in [1.54, 1.807) is 6.07 Å². The van der Waals surface area contributed by atoms with Crippen LogP contribution in [-0.2, 0) is 0 Å². The van der Waals surface area contributed by atoms with Gasteiger partial charge >= 0.3 is 0 Å². The van der Waals surface area contributed by atoms with Crippen LogP contribution in [-0.4, -0.2) is 22.3 Å². The van der Waals surface area contributed by atoms with Crippen LogP contribution >= 0.6 is 23.2 Å². The van der Waals surface area contributed by atoms with Gasteiger partial charge in [-0.3, -0.25) is 0 Å². The Labute approximate surface area is 161 Å². The first-order valence-electron chi connectivity index (χ1n) is 8.20. The Bertz CT molecular complexity index is 1010. The Morgan fingerprint density at radius 3 is 2.46 bits per heavy atom. The molecule has 0 amide bonds. The third-order valence-corrected chi connectivity index (χ3v) is 4.87. The van der Waals surface area contributed by atoms with Crippen LogP contribution in [0, 0.1) is 13.8 Å². The molecule has 2 heterocycles. The Balaban J connectivity index is 1.96. The lowest BCUT2D eigenvalue weighted by atomic mass is 10.0. The summed E-state index contributed by atoms with van der Waals surface area (Å²) in [6.07, 6.45) is 0. The van der Waals surface area contributed by atoms with Crippen LogP contribution in [0.15, 0.2) is 47.5 Å². The number of aromatic nitrogens is 2. The lowest BCUT2D eigenvalue weighted by Crippen LogP contribution is -2.30. The van der Waals surface area contributed by atoms with Crippen molar-refractivity contribution in [1.29, 1.82) is 0 Å². The average Bonchev–Trinajstić information content (AvgIpc) is 3.24. The zero-order valence-corrected chi connectivity index (χ0v) is 15.9. The fourth-order valence-electron chi connectivity index (χ4n) is 3.01. The van der Waals surface area contributed by atoms with E-state index in [1.165, 1.54) is 5.56 Å². The van der Waals surface area contributed by atoms with Crippen molar-refractivity contribution in [3.8, 4) is 16.9 Å². The zero-order valence-electron chi connectivity index (χ0n) is 14.3. The van der Waals surface area contributed by atoms with Gasteiger partial charge in [-0.1, -0.05) is 53.0 Å². The number of aliphatic imine (C=N–C) groups is 1.